The summed E-state index contributed by atoms with van der Waals surface area (Å²) >= 11 is 5.84. The minimum atomic E-state index is -0.956. The molecule has 0 unspecified atom stereocenters. The summed E-state index contributed by atoms with van der Waals surface area (Å²) < 4.78 is 5.54. The molecule has 0 fully saturated rings. The van der Waals surface area contributed by atoms with E-state index in [1.165, 1.54) is 0 Å². The first-order valence-corrected chi connectivity index (χ1v) is 6.35. The van der Waals surface area contributed by atoms with E-state index in [1.807, 2.05) is 24.1 Å². The SMILES string of the molecule is C=C(CN(C)CCCOc1cccc(Cl)c1)C(=O)O. The number of benzene rings is 1. The molecule has 0 aromatic heterocycles. The van der Waals surface area contributed by atoms with Crippen LogP contribution in [0.2, 0.25) is 5.02 Å². The van der Waals surface area contributed by atoms with Crippen molar-refractivity contribution >= 4 is 17.6 Å². The fourth-order valence-electron chi connectivity index (χ4n) is 1.55. The third-order valence-electron chi connectivity index (χ3n) is 2.51. The lowest BCUT2D eigenvalue weighted by Crippen LogP contribution is -2.25. The summed E-state index contributed by atoms with van der Waals surface area (Å²) in [5.41, 5.74) is 0.193. The number of hydrogen-bond acceptors (Lipinski definition) is 3. The fourth-order valence-corrected chi connectivity index (χ4v) is 1.73. The Bertz CT molecular complexity index is 448. The highest BCUT2D eigenvalue weighted by atomic mass is 35.5. The molecule has 4 nitrogen and oxygen atoms in total. The number of carbonyl (C=O) groups is 1. The first-order valence-electron chi connectivity index (χ1n) is 5.97. The summed E-state index contributed by atoms with van der Waals surface area (Å²) in [7, 11) is 1.85. The molecular formula is C14H18ClNO3. The Morgan fingerprint density at radius 2 is 2.26 bits per heavy atom. The van der Waals surface area contributed by atoms with Crippen molar-refractivity contribution in [2.45, 2.75) is 6.42 Å². The Labute approximate surface area is 118 Å². The second-order valence-corrected chi connectivity index (χ2v) is 4.74. The van der Waals surface area contributed by atoms with Gasteiger partial charge in [0.2, 0.25) is 0 Å². The standard InChI is InChI=1S/C14H18ClNO3/c1-11(14(17)18)10-16(2)7-4-8-19-13-6-3-5-12(15)9-13/h3,5-6,9H,1,4,7-8,10H2,2H3,(H,17,18). The van der Waals surface area contributed by atoms with Crippen LogP contribution in [0.25, 0.3) is 0 Å². The number of aliphatic carboxylic acids is 1. The van der Waals surface area contributed by atoms with E-state index in [0.717, 1.165) is 18.7 Å². The number of ether oxygens (including phenoxy) is 1. The van der Waals surface area contributed by atoms with Gasteiger partial charge in [0.25, 0.3) is 0 Å². The molecule has 0 saturated carbocycles. The lowest BCUT2D eigenvalue weighted by molar-refractivity contribution is -0.132. The molecule has 5 heteroatoms. The summed E-state index contributed by atoms with van der Waals surface area (Å²) in [5.74, 6) is -0.216. The van der Waals surface area contributed by atoms with Gasteiger partial charge >= 0.3 is 5.97 Å². The van der Waals surface area contributed by atoms with Crippen LogP contribution in [0.15, 0.2) is 36.4 Å². The van der Waals surface area contributed by atoms with E-state index in [4.69, 9.17) is 21.4 Å². The molecule has 0 heterocycles. The molecular weight excluding hydrogens is 266 g/mol. The molecule has 0 amide bonds. The summed E-state index contributed by atoms with van der Waals surface area (Å²) in [4.78, 5) is 12.5. The van der Waals surface area contributed by atoms with E-state index < -0.39 is 5.97 Å². The minimum Gasteiger partial charge on any atom is -0.493 e. The highest BCUT2D eigenvalue weighted by Crippen LogP contribution is 2.17. The topological polar surface area (TPSA) is 49.8 Å². The maximum absolute atomic E-state index is 10.6. The van der Waals surface area contributed by atoms with E-state index in [0.29, 0.717) is 18.2 Å². The molecule has 0 aliphatic heterocycles. The lowest BCUT2D eigenvalue weighted by Gasteiger charge is -2.16. The van der Waals surface area contributed by atoms with Gasteiger partial charge in [-0.25, -0.2) is 4.79 Å². The molecule has 0 saturated heterocycles. The number of hydrogen-bond donors (Lipinski definition) is 1. The first kappa shape index (κ1) is 15.5. The number of carboxylic acids is 1. The van der Waals surface area contributed by atoms with E-state index in [9.17, 15) is 4.79 Å². The molecule has 0 aliphatic carbocycles. The summed E-state index contributed by atoms with van der Waals surface area (Å²) in [6.45, 7) is 5.15. The Hall–Kier alpha value is -1.52. The van der Waals surface area contributed by atoms with E-state index in [-0.39, 0.29) is 5.57 Å². The van der Waals surface area contributed by atoms with Gasteiger partial charge in [0.05, 0.1) is 6.61 Å². The highest BCUT2D eigenvalue weighted by Gasteiger charge is 2.07. The van der Waals surface area contributed by atoms with Gasteiger partial charge in [0, 0.05) is 23.7 Å². The molecule has 1 N–H and O–H groups in total. The molecule has 104 valence electrons. The third kappa shape index (κ3) is 6.27. The number of likely N-dealkylation sites (N-methyl/N-ethyl adjacent to an activating group) is 1. The van der Waals surface area contributed by atoms with Crippen LogP contribution in [0.1, 0.15) is 6.42 Å². The molecule has 1 aromatic rings. The zero-order valence-corrected chi connectivity index (χ0v) is 11.7. The smallest absolute Gasteiger partial charge is 0.332 e. The van der Waals surface area contributed by atoms with Crippen LogP contribution >= 0.6 is 11.6 Å². The van der Waals surface area contributed by atoms with Gasteiger partial charge in [0.15, 0.2) is 0 Å². The maximum atomic E-state index is 10.6. The summed E-state index contributed by atoms with van der Waals surface area (Å²) in [5, 5.41) is 9.36. The molecule has 0 spiro atoms. The average molecular weight is 284 g/mol. The van der Waals surface area contributed by atoms with Gasteiger partial charge in [-0.05, 0) is 31.7 Å². The van der Waals surface area contributed by atoms with Crippen molar-refractivity contribution < 1.29 is 14.6 Å². The summed E-state index contributed by atoms with van der Waals surface area (Å²) in [6.07, 6.45) is 0.802. The highest BCUT2D eigenvalue weighted by molar-refractivity contribution is 6.30. The first-order chi connectivity index (χ1) is 8.99. The monoisotopic (exact) mass is 283 g/mol. The Kier molecular flexibility index (Phi) is 6.39. The van der Waals surface area contributed by atoms with Crippen molar-refractivity contribution in [1.29, 1.82) is 0 Å². The number of halogens is 1. The van der Waals surface area contributed by atoms with Crippen molar-refractivity contribution in [3.05, 3.63) is 41.4 Å². The number of rotatable bonds is 8. The largest absolute Gasteiger partial charge is 0.493 e. The molecule has 19 heavy (non-hydrogen) atoms. The van der Waals surface area contributed by atoms with Crippen molar-refractivity contribution in [2.24, 2.45) is 0 Å². The quantitative estimate of drug-likeness (QED) is 0.589. The molecule has 0 atom stereocenters. The molecule has 0 radical (unpaired) electrons. The van der Waals surface area contributed by atoms with Crippen molar-refractivity contribution in [1.82, 2.24) is 4.90 Å². The molecule has 0 bridgehead atoms. The zero-order valence-electron chi connectivity index (χ0n) is 10.9. The second kappa shape index (κ2) is 7.81. The van der Waals surface area contributed by atoms with Crippen LogP contribution < -0.4 is 4.74 Å². The van der Waals surface area contributed by atoms with Crippen molar-refractivity contribution in [3.8, 4) is 5.75 Å². The van der Waals surface area contributed by atoms with Gasteiger partial charge in [0.1, 0.15) is 5.75 Å². The summed E-state index contributed by atoms with van der Waals surface area (Å²) in [6, 6.07) is 7.24. The van der Waals surface area contributed by atoms with Crippen LogP contribution in [0.3, 0.4) is 0 Å². The van der Waals surface area contributed by atoms with Crippen molar-refractivity contribution in [2.75, 3.05) is 26.7 Å². The van der Waals surface area contributed by atoms with Gasteiger partial charge < -0.3 is 14.7 Å². The Morgan fingerprint density at radius 1 is 1.53 bits per heavy atom. The third-order valence-corrected chi connectivity index (χ3v) is 2.75. The van der Waals surface area contributed by atoms with E-state index in [2.05, 4.69) is 6.58 Å². The number of carboxylic acid groups (broad SMARTS) is 1. The van der Waals surface area contributed by atoms with Gasteiger partial charge in [-0.3, -0.25) is 0 Å². The second-order valence-electron chi connectivity index (χ2n) is 4.31. The predicted octanol–water partition coefficient (Wildman–Crippen LogP) is 2.68. The number of nitrogens with zero attached hydrogens (tertiary/aromatic N) is 1. The average Bonchev–Trinajstić information content (AvgIpc) is 2.34. The maximum Gasteiger partial charge on any atom is 0.332 e. The predicted molar refractivity (Wildman–Crippen MR) is 75.8 cm³/mol. The van der Waals surface area contributed by atoms with E-state index >= 15 is 0 Å². The van der Waals surface area contributed by atoms with E-state index in [1.54, 1.807) is 12.1 Å². The van der Waals surface area contributed by atoms with Crippen LogP contribution in [-0.4, -0.2) is 42.7 Å². The van der Waals surface area contributed by atoms with Gasteiger partial charge in [-0.2, -0.15) is 0 Å². The zero-order chi connectivity index (χ0) is 14.3. The molecule has 0 aliphatic rings. The van der Waals surface area contributed by atoms with Gasteiger partial charge in [-0.15, -0.1) is 0 Å². The van der Waals surface area contributed by atoms with Crippen LogP contribution in [-0.2, 0) is 4.79 Å². The Balaban J connectivity index is 2.20. The molecule has 1 rings (SSSR count). The Morgan fingerprint density at radius 3 is 2.89 bits per heavy atom. The van der Waals surface area contributed by atoms with Gasteiger partial charge in [-0.1, -0.05) is 24.2 Å². The van der Waals surface area contributed by atoms with Crippen LogP contribution in [0, 0.1) is 0 Å². The lowest BCUT2D eigenvalue weighted by atomic mass is 10.3. The van der Waals surface area contributed by atoms with Crippen LogP contribution in [0.5, 0.6) is 5.75 Å². The van der Waals surface area contributed by atoms with Crippen molar-refractivity contribution in [3.63, 3.8) is 0 Å². The minimum absolute atomic E-state index is 0.193. The fraction of sp³-hybridized carbons (Fsp3) is 0.357. The normalized spacial score (nSPS) is 10.5. The van der Waals surface area contributed by atoms with Crippen LogP contribution in [0.4, 0.5) is 0 Å². The molecule has 1 aromatic carbocycles.